The van der Waals surface area contributed by atoms with Crippen LogP contribution in [0.1, 0.15) is 33.9 Å². The van der Waals surface area contributed by atoms with Crippen LogP contribution in [0.2, 0.25) is 0 Å². The van der Waals surface area contributed by atoms with Crippen LogP contribution in [0.4, 0.5) is 0 Å². The number of carboxylic acid groups (broad SMARTS) is 1. The molecule has 0 spiro atoms. The molecule has 0 fully saturated rings. The number of aromatic carboxylic acids is 1. The molecule has 0 unspecified atom stereocenters. The van der Waals surface area contributed by atoms with Gasteiger partial charge < -0.3 is 15.9 Å². The van der Waals surface area contributed by atoms with E-state index in [1.54, 1.807) is 19.1 Å². The van der Waals surface area contributed by atoms with Crippen molar-refractivity contribution >= 4 is 18.4 Å². The van der Waals surface area contributed by atoms with Crippen molar-refractivity contribution < 1.29 is 15.0 Å². The number of carboxylic acids is 1. The zero-order valence-electron chi connectivity index (χ0n) is 9.51. The topological polar surface area (TPSA) is 83.6 Å². The maximum absolute atomic E-state index is 10.9. The van der Waals surface area contributed by atoms with Gasteiger partial charge in [0.2, 0.25) is 0 Å². The number of carbonyl (C=O) groups is 1. The molecule has 0 heterocycles. The molecule has 4 N–H and O–H groups in total. The molecule has 0 aliphatic heterocycles. The summed E-state index contributed by atoms with van der Waals surface area (Å²) in [5.41, 5.74) is 6.90. The number of phenols is 1. The van der Waals surface area contributed by atoms with Crippen LogP contribution in [-0.4, -0.2) is 16.2 Å². The fraction of sp³-hybridized carbons (Fsp3) is 0.250. The smallest absolute Gasteiger partial charge is 0.339 e. The summed E-state index contributed by atoms with van der Waals surface area (Å²) in [5.74, 6) is -1.42. The van der Waals surface area contributed by atoms with Crippen molar-refractivity contribution in [2.75, 3.05) is 0 Å². The second-order valence-electron chi connectivity index (χ2n) is 3.69. The predicted octanol–water partition coefficient (Wildman–Crippen LogP) is 2.40. The number of rotatable bonds is 4. The Hall–Kier alpha value is -1.52. The SMILES string of the molecule is C=CC[C@@H](N)c1cc(C)cc(C(=O)O)c1O.Cl. The minimum Gasteiger partial charge on any atom is -0.507 e. The standard InChI is InChI=1S/C12H15NO3.ClH/c1-3-4-10(13)8-5-7(2)6-9(11(8)14)12(15)16;/h3,5-6,10,14H,1,4,13H2,2H3,(H,15,16);1H/t10-;/m1./s1. The van der Waals surface area contributed by atoms with E-state index in [-0.39, 0.29) is 23.7 Å². The van der Waals surface area contributed by atoms with Crippen molar-refractivity contribution in [3.05, 3.63) is 41.5 Å². The minimum absolute atomic E-state index is 0. The molecule has 1 atom stereocenters. The third-order valence-corrected chi connectivity index (χ3v) is 2.33. The Morgan fingerprint density at radius 2 is 2.18 bits per heavy atom. The lowest BCUT2D eigenvalue weighted by atomic mass is 9.97. The average molecular weight is 258 g/mol. The van der Waals surface area contributed by atoms with Gasteiger partial charge in [-0.2, -0.15) is 0 Å². The van der Waals surface area contributed by atoms with Gasteiger partial charge in [0.05, 0.1) is 0 Å². The molecular weight excluding hydrogens is 242 g/mol. The highest BCUT2D eigenvalue weighted by Crippen LogP contribution is 2.30. The van der Waals surface area contributed by atoms with E-state index in [2.05, 4.69) is 6.58 Å². The van der Waals surface area contributed by atoms with Crippen LogP contribution in [0.15, 0.2) is 24.8 Å². The first-order chi connectivity index (χ1) is 7.47. The predicted molar refractivity (Wildman–Crippen MR) is 68.8 cm³/mol. The summed E-state index contributed by atoms with van der Waals surface area (Å²) in [4.78, 5) is 10.9. The summed E-state index contributed by atoms with van der Waals surface area (Å²) in [6.07, 6.45) is 2.11. The second kappa shape index (κ2) is 6.27. The van der Waals surface area contributed by atoms with Crippen molar-refractivity contribution in [2.24, 2.45) is 5.73 Å². The number of hydrogen-bond donors (Lipinski definition) is 3. The summed E-state index contributed by atoms with van der Waals surface area (Å²) >= 11 is 0. The molecule has 0 saturated heterocycles. The maximum atomic E-state index is 10.9. The van der Waals surface area contributed by atoms with E-state index in [1.165, 1.54) is 6.07 Å². The van der Waals surface area contributed by atoms with Gasteiger partial charge in [0.25, 0.3) is 0 Å². The molecule has 0 radical (unpaired) electrons. The number of nitrogens with two attached hydrogens (primary N) is 1. The fourth-order valence-corrected chi connectivity index (χ4v) is 1.56. The van der Waals surface area contributed by atoms with Gasteiger partial charge in [0.15, 0.2) is 0 Å². The van der Waals surface area contributed by atoms with Gasteiger partial charge in [-0.3, -0.25) is 0 Å². The minimum atomic E-state index is -1.16. The van der Waals surface area contributed by atoms with Crippen LogP contribution in [0.3, 0.4) is 0 Å². The third kappa shape index (κ3) is 3.47. The van der Waals surface area contributed by atoms with Gasteiger partial charge in [-0.05, 0) is 25.0 Å². The second-order valence-corrected chi connectivity index (χ2v) is 3.69. The van der Waals surface area contributed by atoms with Crippen LogP contribution in [0, 0.1) is 6.92 Å². The van der Waals surface area contributed by atoms with Crippen molar-refractivity contribution in [1.29, 1.82) is 0 Å². The van der Waals surface area contributed by atoms with E-state index in [1.807, 2.05) is 0 Å². The molecule has 1 aromatic carbocycles. The first-order valence-electron chi connectivity index (χ1n) is 4.90. The largest absolute Gasteiger partial charge is 0.507 e. The Morgan fingerprint density at radius 3 is 2.65 bits per heavy atom. The normalized spacial score (nSPS) is 11.4. The van der Waals surface area contributed by atoms with E-state index in [0.717, 1.165) is 5.56 Å². The van der Waals surface area contributed by atoms with Gasteiger partial charge >= 0.3 is 5.97 Å². The molecule has 17 heavy (non-hydrogen) atoms. The Kier molecular flexibility index (Phi) is 5.71. The highest BCUT2D eigenvalue weighted by molar-refractivity contribution is 5.91. The summed E-state index contributed by atoms with van der Waals surface area (Å²) < 4.78 is 0. The number of aromatic hydroxyl groups is 1. The molecule has 0 aliphatic rings. The van der Waals surface area contributed by atoms with Crippen molar-refractivity contribution in [3.63, 3.8) is 0 Å². The molecule has 4 nitrogen and oxygen atoms in total. The highest BCUT2D eigenvalue weighted by atomic mass is 35.5. The Morgan fingerprint density at radius 1 is 1.59 bits per heavy atom. The molecule has 94 valence electrons. The third-order valence-electron chi connectivity index (χ3n) is 2.33. The Labute approximate surface area is 106 Å². The summed E-state index contributed by atoms with van der Waals surface area (Å²) in [6, 6.07) is 2.67. The molecule has 0 saturated carbocycles. The van der Waals surface area contributed by atoms with Crippen LogP contribution >= 0.6 is 12.4 Å². The number of aryl methyl sites for hydroxylation is 1. The highest BCUT2D eigenvalue weighted by Gasteiger charge is 2.17. The van der Waals surface area contributed by atoms with E-state index in [0.29, 0.717) is 12.0 Å². The van der Waals surface area contributed by atoms with E-state index >= 15 is 0 Å². The molecule has 1 aromatic rings. The summed E-state index contributed by atoms with van der Waals surface area (Å²) in [6.45, 7) is 5.32. The van der Waals surface area contributed by atoms with Crippen LogP contribution < -0.4 is 5.73 Å². The van der Waals surface area contributed by atoms with E-state index in [4.69, 9.17) is 10.8 Å². The van der Waals surface area contributed by atoms with Gasteiger partial charge in [-0.25, -0.2) is 4.79 Å². The molecular formula is C12H16ClNO3. The molecule has 5 heteroatoms. The van der Waals surface area contributed by atoms with Crippen molar-refractivity contribution in [3.8, 4) is 5.75 Å². The zero-order valence-corrected chi connectivity index (χ0v) is 10.3. The lowest BCUT2D eigenvalue weighted by Gasteiger charge is -2.14. The number of halogens is 1. The first-order valence-corrected chi connectivity index (χ1v) is 4.90. The van der Waals surface area contributed by atoms with Gasteiger partial charge in [0, 0.05) is 11.6 Å². The molecule has 0 bridgehead atoms. The molecule has 0 aromatic heterocycles. The van der Waals surface area contributed by atoms with Gasteiger partial charge in [-0.1, -0.05) is 12.1 Å². The Balaban J connectivity index is 0.00000256. The average Bonchev–Trinajstić information content (AvgIpc) is 2.20. The monoisotopic (exact) mass is 257 g/mol. The fourth-order valence-electron chi connectivity index (χ4n) is 1.56. The lowest BCUT2D eigenvalue weighted by molar-refractivity contribution is 0.0693. The van der Waals surface area contributed by atoms with Crippen LogP contribution in [0.25, 0.3) is 0 Å². The summed E-state index contributed by atoms with van der Waals surface area (Å²) in [7, 11) is 0. The van der Waals surface area contributed by atoms with E-state index in [9.17, 15) is 9.90 Å². The first kappa shape index (κ1) is 15.5. The number of hydrogen-bond acceptors (Lipinski definition) is 3. The van der Waals surface area contributed by atoms with Crippen LogP contribution in [0.5, 0.6) is 5.75 Å². The summed E-state index contributed by atoms with van der Waals surface area (Å²) in [5, 5.41) is 18.7. The number of benzene rings is 1. The molecule has 0 aliphatic carbocycles. The van der Waals surface area contributed by atoms with Crippen molar-refractivity contribution in [1.82, 2.24) is 0 Å². The maximum Gasteiger partial charge on any atom is 0.339 e. The van der Waals surface area contributed by atoms with Crippen LogP contribution in [-0.2, 0) is 0 Å². The lowest BCUT2D eigenvalue weighted by Crippen LogP contribution is -2.11. The quantitative estimate of drug-likeness (QED) is 0.723. The van der Waals surface area contributed by atoms with Gasteiger partial charge in [0.1, 0.15) is 11.3 Å². The van der Waals surface area contributed by atoms with Crippen molar-refractivity contribution in [2.45, 2.75) is 19.4 Å². The molecule has 1 rings (SSSR count). The zero-order chi connectivity index (χ0) is 12.3. The van der Waals surface area contributed by atoms with Gasteiger partial charge in [-0.15, -0.1) is 19.0 Å². The Bertz CT molecular complexity index is 432. The molecule has 0 amide bonds. The van der Waals surface area contributed by atoms with E-state index < -0.39 is 12.0 Å².